The van der Waals surface area contributed by atoms with E-state index in [0.717, 1.165) is 11.6 Å². The first-order valence-corrected chi connectivity index (χ1v) is 8.32. The van der Waals surface area contributed by atoms with E-state index >= 15 is 0 Å². The van der Waals surface area contributed by atoms with Gasteiger partial charge in [0.15, 0.2) is 0 Å². The predicted molar refractivity (Wildman–Crippen MR) is 92.6 cm³/mol. The molecule has 0 saturated carbocycles. The van der Waals surface area contributed by atoms with E-state index < -0.39 is 0 Å². The molecule has 3 aromatic rings. The Hall–Kier alpha value is -2.60. The van der Waals surface area contributed by atoms with Crippen LogP contribution in [0.15, 0.2) is 67.4 Å². The van der Waals surface area contributed by atoms with Gasteiger partial charge in [0.25, 0.3) is 0 Å². The molecule has 2 heterocycles. The van der Waals surface area contributed by atoms with E-state index in [0.29, 0.717) is 11.4 Å². The van der Waals surface area contributed by atoms with Gasteiger partial charge < -0.3 is 5.32 Å². The molecule has 0 atom stereocenters. The van der Waals surface area contributed by atoms with Crippen LogP contribution in [-0.4, -0.2) is 26.2 Å². The smallest absolute Gasteiger partial charge is 0.234 e. The van der Waals surface area contributed by atoms with E-state index in [9.17, 15) is 4.79 Å². The lowest BCUT2D eigenvalue weighted by molar-refractivity contribution is -0.113. The third-order valence-corrected chi connectivity index (χ3v) is 4.15. The molecule has 23 heavy (non-hydrogen) atoms. The monoisotopic (exact) mass is 324 g/mol. The van der Waals surface area contributed by atoms with E-state index in [-0.39, 0.29) is 5.91 Å². The number of hydrogen-bond acceptors (Lipinski definition) is 4. The van der Waals surface area contributed by atoms with Crippen molar-refractivity contribution in [1.82, 2.24) is 14.5 Å². The van der Waals surface area contributed by atoms with Crippen molar-refractivity contribution in [1.29, 1.82) is 0 Å². The van der Waals surface area contributed by atoms with Crippen molar-refractivity contribution in [2.75, 3.05) is 11.1 Å². The van der Waals surface area contributed by atoms with Crippen LogP contribution in [-0.2, 0) is 10.5 Å². The van der Waals surface area contributed by atoms with Crippen molar-refractivity contribution in [3.05, 3.63) is 72.9 Å². The lowest BCUT2D eigenvalue weighted by Gasteiger charge is -2.06. The summed E-state index contributed by atoms with van der Waals surface area (Å²) in [5.74, 6) is 1.98. The molecule has 1 amide bonds. The minimum absolute atomic E-state index is 0.0249. The molecule has 6 heteroatoms. The second-order valence-electron chi connectivity index (χ2n) is 4.90. The molecule has 0 fully saturated rings. The first kappa shape index (κ1) is 15.3. The number of aromatic nitrogens is 3. The van der Waals surface area contributed by atoms with Gasteiger partial charge in [0.2, 0.25) is 5.91 Å². The Kier molecular flexibility index (Phi) is 5.06. The van der Waals surface area contributed by atoms with Crippen molar-refractivity contribution in [2.24, 2.45) is 0 Å². The zero-order valence-electron chi connectivity index (χ0n) is 12.4. The molecule has 5 nitrogen and oxygen atoms in total. The number of rotatable bonds is 6. The summed E-state index contributed by atoms with van der Waals surface area (Å²) in [4.78, 5) is 20.2. The fourth-order valence-electron chi connectivity index (χ4n) is 2.04. The number of benzene rings is 1. The van der Waals surface area contributed by atoms with Gasteiger partial charge in [0.1, 0.15) is 12.1 Å². The van der Waals surface area contributed by atoms with Crippen molar-refractivity contribution in [2.45, 2.75) is 5.75 Å². The number of carbonyl (C=O) groups is 1. The Bertz CT molecular complexity index is 742. The van der Waals surface area contributed by atoms with Crippen molar-refractivity contribution < 1.29 is 4.79 Å². The standard InChI is InChI=1S/C17H16N4OS/c22-17(12-23-11-14-4-2-1-3-5-14)20-15-6-7-16(19-10-15)21-9-8-18-13-21/h1-10,13H,11-12H2,(H,20,22). The molecule has 2 aromatic heterocycles. The lowest BCUT2D eigenvalue weighted by Crippen LogP contribution is -2.14. The average Bonchev–Trinajstić information content (AvgIpc) is 3.11. The SMILES string of the molecule is O=C(CSCc1ccccc1)Nc1ccc(-n2ccnc2)nc1. The molecular formula is C17H16N4OS. The number of imidazole rings is 1. The van der Waals surface area contributed by atoms with Crippen LogP contribution in [0.1, 0.15) is 5.56 Å². The van der Waals surface area contributed by atoms with Gasteiger partial charge in [-0.3, -0.25) is 9.36 Å². The van der Waals surface area contributed by atoms with Crippen molar-refractivity contribution >= 4 is 23.4 Å². The number of pyridine rings is 1. The summed E-state index contributed by atoms with van der Waals surface area (Å²) in [6, 6.07) is 13.8. The van der Waals surface area contributed by atoms with Gasteiger partial charge in [-0.05, 0) is 17.7 Å². The van der Waals surface area contributed by atoms with Gasteiger partial charge in [-0.25, -0.2) is 9.97 Å². The van der Waals surface area contributed by atoms with Crippen LogP contribution >= 0.6 is 11.8 Å². The second kappa shape index (κ2) is 7.60. The minimum atomic E-state index is -0.0249. The van der Waals surface area contributed by atoms with E-state index in [2.05, 4.69) is 27.4 Å². The quantitative estimate of drug-likeness (QED) is 0.757. The summed E-state index contributed by atoms with van der Waals surface area (Å²) in [6.45, 7) is 0. The van der Waals surface area contributed by atoms with Gasteiger partial charge in [0.05, 0.1) is 17.6 Å². The molecule has 3 rings (SSSR count). The molecule has 0 radical (unpaired) electrons. The van der Waals surface area contributed by atoms with Gasteiger partial charge in [0, 0.05) is 18.1 Å². The summed E-state index contributed by atoms with van der Waals surface area (Å²) in [6.07, 6.45) is 6.85. The summed E-state index contributed by atoms with van der Waals surface area (Å²) < 4.78 is 1.81. The molecule has 0 saturated heterocycles. The number of carbonyl (C=O) groups excluding carboxylic acids is 1. The predicted octanol–water partition coefficient (Wildman–Crippen LogP) is 3.14. The largest absolute Gasteiger partial charge is 0.324 e. The summed E-state index contributed by atoms with van der Waals surface area (Å²) in [7, 11) is 0. The number of thioether (sulfide) groups is 1. The Labute approximate surface area is 138 Å². The van der Waals surface area contributed by atoms with Crippen molar-refractivity contribution in [3.8, 4) is 5.82 Å². The van der Waals surface area contributed by atoms with E-state index in [1.165, 1.54) is 5.56 Å². The molecule has 116 valence electrons. The van der Waals surface area contributed by atoms with Gasteiger partial charge in [-0.2, -0.15) is 0 Å². The molecule has 0 unspecified atom stereocenters. The Balaban J connectivity index is 1.48. The van der Waals surface area contributed by atoms with Crippen molar-refractivity contribution in [3.63, 3.8) is 0 Å². The number of hydrogen-bond donors (Lipinski definition) is 1. The van der Waals surface area contributed by atoms with Crippen LogP contribution in [0.2, 0.25) is 0 Å². The fraction of sp³-hybridized carbons (Fsp3) is 0.118. The fourth-order valence-corrected chi connectivity index (χ4v) is 2.83. The van der Waals surface area contributed by atoms with Crippen LogP contribution in [0.3, 0.4) is 0 Å². The highest BCUT2D eigenvalue weighted by molar-refractivity contribution is 7.99. The highest BCUT2D eigenvalue weighted by atomic mass is 32.2. The Morgan fingerprint density at radius 1 is 1.17 bits per heavy atom. The molecule has 1 aromatic carbocycles. The Morgan fingerprint density at radius 3 is 2.74 bits per heavy atom. The van der Waals surface area contributed by atoms with Crippen LogP contribution in [0.5, 0.6) is 0 Å². The van der Waals surface area contributed by atoms with Crippen LogP contribution < -0.4 is 5.32 Å². The first-order chi connectivity index (χ1) is 11.3. The maximum Gasteiger partial charge on any atom is 0.234 e. The number of nitrogens with one attached hydrogen (secondary N) is 1. The average molecular weight is 324 g/mol. The van der Waals surface area contributed by atoms with E-state index in [1.807, 2.05) is 36.5 Å². The van der Waals surface area contributed by atoms with Crippen LogP contribution in [0, 0.1) is 0 Å². The van der Waals surface area contributed by atoms with E-state index in [4.69, 9.17) is 0 Å². The zero-order valence-corrected chi connectivity index (χ0v) is 13.2. The first-order valence-electron chi connectivity index (χ1n) is 7.17. The zero-order chi connectivity index (χ0) is 15.9. The topological polar surface area (TPSA) is 59.8 Å². The normalized spacial score (nSPS) is 10.4. The van der Waals surface area contributed by atoms with E-state index in [1.54, 1.807) is 35.0 Å². The second-order valence-corrected chi connectivity index (χ2v) is 5.89. The highest BCUT2D eigenvalue weighted by Crippen LogP contribution is 2.13. The minimum Gasteiger partial charge on any atom is -0.324 e. The lowest BCUT2D eigenvalue weighted by atomic mass is 10.2. The van der Waals surface area contributed by atoms with Crippen LogP contribution in [0.4, 0.5) is 5.69 Å². The summed E-state index contributed by atoms with van der Waals surface area (Å²) >= 11 is 1.59. The molecule has 0 aliphatic carbocycles. The molecule has 0 spiro atoms. The van der Waals surface area contributed by atoms with Gasteiger partial charge in [-0.1, -0.05) is 30.3 Å². The molecule has 0 aliphatic heterocycles. The third-order valence-electron chi connectivity index (χ3n) is 3.15. The summed E-state index contributed by atoms with van der Waals surface area (Å²) in [5.41, 5.74) is 1.91. The third kappa shape index (κ3) is 4.43. The van der Waals surface area contributed by atoms with Gasteiger partial charge >= 0.3 is 0 Å². The maximum absolute atomic E-state index is 11.9. The Morgan fingerprint density at radius 2 is 2.04 bits per heavy atom. The molecule has 0 bridgehead atoms. The highest BCUT2D eigenvalue weighted by Gasteiger charge is 2.04. The molecule has 0 aliphatic rings. The number of nitrogens with zero attached hydrogens (tertiary/aromatic N) is 3. The number of anilines is 1. The van der Waals surface area contributed by atoms with Gasteiger partial charge in [-0.15, -0.1) is 11.8 Å². The maximum atomic E-state index is 11.9. The summed E-state index contributed by atoms with van der Waals surface area (Å²) in [5, 5.41) is 2.85. The molecular weight excluding hydrogens is 308 g/mol. The molecule has 1 N–H and O–H groups in total. The van der Waals surface area contributed by atoms with Crippen LogP contribution in [0.25, 0.3) is 5.82 Å². The number of amides is 1.